The van der Waals surface area contributed by atoms with E-state index in [1.165, 1.54) is 6.26 Å². The summed E-state index contributed by atoms with van der Waals surface area (Å²) in [7, 11) is 0. The van der Waals surface area contributed by atoms with Crippen LogP contribution in [0.4, 0.5) is 5.69 Å². The molecule has 7 nitrogen and oxygen atoms in total. The molecule has 0 atom stereocenters. The predicted octanol–water partition coefficient (Wildman–Crippen LogP) is 3.81. The topological polar surface area (TPSA) is 89.2 Å². The minimum absolute atomic E-state index is 0.0832. The molecule has 4 aromatic rings. The second-order valence-corrected chi connectivity index (χ2v) is 7.06. The van der Waals surface area contributed by atoms with E-state index in [2.05, 4.69) is 15.6 Å². The molecule has 0 aliphatic rings. The molecule has 2 N–H and O–H groups in total. The molecule has 7 heteroatoms. The lowest BCUT2D eigenvalue weighted by atomic mass is 10.1. The van der Waals surface area contributed by atoms with Gasteiger partial charge in [-0.25, -0.2) is 4.98 Å². The lowest BCUT2D eigenvalue weighted by Crippen LogP contribution is -2.26. The maximum atomic E-state index is 12.8. The Morgan fingerprint density at radius 1 is 1.03 bits per heavy atom. The quantitative estimate of drug-likeness (QED) is 0.513. The van der Waals surface area contributed by atoms with E-state index in [4.69, 9.17) is 4.42 Å². The van der Waals surface area contributed by atoms with Crippen molar-refractivity contribution in [1.82, 2.24) is 14.9 Å². The van der Waals surface area contributed by atoms with E-state index in [0.29, 0.717) is 5.82 Å². The standard InChI is InChI=1S/C23H22N4O3/c1-15-7-5-9-17(16(15)2)26-22(28)14-27-19-10-4-3-8-18(19)25-21(27)13-24-23(29)20-11-6-12-30-20/h3-12H,13-14H2,1-2H3,(H,24,29)(H,26,28). The zero-order valence-electron chi connectivity index (χ0n) is 16.8. The highest BCUT2D eigenvalue weighted by Crippen LogP contribution is 2.20. The van der Waals surface area contributed by atoms with Gasteiger partial charge in [-0.05, 0) is 55.3 Å². The first-order chi connectivity index (χ1) is 14.5. The Morgan fingerprint density at radius 2 is 1.87 bits per heavy atom. The molecule has 0 radical (unpaired) electrons. The van der Waals surface area contributed by atoms with Gasteiger partial charge in [-0.15, -0.1) is 0 Å². The molecule has 0 unspecified atom stereocenters. The van der Waals surface area contributed by atoms with Crippen molar-refractivity contribution in [2.45, 2.75) is 26.9 Å². The summed E-state index contributed by atoms with van der Waals surface area (Å²) in [6, 6.07) is 16.6. The average molecular weight is 402 g/mol. The van der Waals surface area contributed by atoms with E-state index in [0.717, 1.165) is 27.8 Å². The number of furan rings is 1. The lowest BCUT2D eigenvalue weighted by Gasteiger charge is -2.13. The molecular formula is C23H22N4O3. The van der Waals surface area contributed by atoms with Crippen LogP contribution in [-0.4, -0.2) is 21.4 Å². The van der Waals surface area contributed by atoms with Gasteiger partial charge in [0.25, 0.3) is 5.91 Å². The highest BCUT2D eigenvalue weighted by atomic mass is 16.3. The maximum absolute atomic E-state index is 12.8. The summed E-state index contributed by atoms with van der Waals surface area (Å²) in [6.45, 7) is 4.24. The van der Waals surface area contributed by atoms with Crippen LogP contribution in [0.25, 0.3) is 11.0 Å². The smallest absolute Gasteiger partial charge is 0.287 e. The molecule has 30 heavy (non-hydrogen) atoms. The van der Waals surface area contributed by atoms with Gasteiger partial charge >= 0.3 is 0 Å². The average Bonchev–Trinajstić information content (AvgIpc) is 3.39. The van der Waals surface area contributed by atoms with Crippen LogP contribution in [-0.2, 0) is 17.9 Å². The van der Waals surface area contributed by atoms with Crippen molar-refractivity contribution in [3.8, 4) is 0 Å². The number of benzene rings is 2. The summed E-state index contributed by atoms with van der Waals surface area (Å²) in [5.74, 6) is 0.321. The predicted molar refractivity (Wildman–Crippen MR) is 114 cm³/mol. The van der Waals surface area contributed by atoms with E-state index in [-0.39, 0.29) is 30.7 Å². The fraction of sp³-hybridized carbons (Fsp3) is 0.174. The summed E-state index contributed by atoms with van der Waals surface area (Å²) in [4.78, 5) is 29.6. The maximum Gasteiger partial charge on any atom is 0.287 e. The number of imidazole rings is 1. The highest BCUT2D eigenvalue weighted by molar-refractivity contribution is 5.93. The highest BCUT2D eigenvalue weighted by Gasteiger charge is 2.16. The molecule has 2 heterocycles. The molecule has 152 valence electrons. The number of fused-ring (bicyclic) bond motifs is 1. The molecule has 0 aliphatic carbocycles. The molecule has 0 bridgehead atoms. The zero-order valence-corrected chi connectivity index (χ0v) is 16.8. The van der Waals surface area contributed by atoms with Crippen LogP contribution in [0.3, 0.4) is 0 Å². The molecule has 0 fully saturated rings. The summed E-state index contributed by atoms with van der Waals surface area (Å²) < 4.78 is 6.94. The van der Waals surface area contributed by atoms with Crippen LogP contribution in [0.5, 0.6) is 0 Å². The van der Waals surface area contributed by atoms with E-state index in [1.54, 1.807) is 12.1 Å². The van der Waals surface area contributed by atoms with E-state index in [1.807, 2.05) is 60.9 Å². The largest absolute Gasteiger partial charge is 0.459 e. The Morgan fingerprint density at radius 3 is 2.67 bits per heavy atom. The van der Waals surface area contributed by atoms with Gasteiger partial charge in [0.15, 0.2) is 5.76 Å². The number of carbonyl (C=O) groups is 2. The van der Waals surface area contributed by atoms with Crippen LogP contribution in [0.15, 0.2) is 65.3 Å². The second-order valence-electron chi connectivity index (χ2n) is 7.06. The van der Waals surface area contributed by atoms with Crippen LogP contribution in [0, 0.1) is 13.8 Å². The lowest BCUT2D eigenvalue weighted by molar-refractivity contribution is -0.116. The Kier molecular flexibility index (Phi) is 5.34. The van der Waals surface area contributed by atoms with Crippen LogP contribution < -0.4 is 10.6 Å². The number of para-hydroxylation sites is 2. The third-order valence-electron chi connectivity index (χ3n) is 5.07. The normalized spacial score (nSPS) is 10.9. The number of amides is 2. The number of nitrogens with zero attached hydrogens (tertiary/aromatic N) is 2. The van der Waals surface area contributed by atoms with Crippen molar-refractivity contribution >= 4 is 28.5 Å². The molecule has 0 saturated carbocycles. The minimum Gasteiger partial charge on any atom is -0.459 e. The Labute approximate surface area is 173 Å². The fourth-order valence-electron chi connectivity index (χ4n) is 3.31. The van der Waals surface area contributed by atoms with Crippen molar-refractivity contribution in [3.63, 3.8) is 0 Å². The van der Waals surface area contributed by atoms with Gasteiger partial charge in [0.1, 0.15) is 12.4 Å². The van der Waals surface area contributed by atoms with Crippen molar-refractivity contribution in [2.24, 2.45) is 0 Å². The molecule has 2 amide bonds. The van der Waals surface area contributed by atoms with Gasteiger partial charge in [0, 0.05) is 5.69 Å². The number of hydrogen-bond acceptors (Lipinski definition) is 4. The van der Waals surface area contributed by atoms with E-state index in [9.17, 15) is 9.59 Å². The Hall–Kier alpha value is -3.87. The molecular weight excluding hydrogens is 380 g/mol. The Bertz CT molecular complexity index is 1210. The molecule has 4 rings (SSSR count). The molecule has 2 aromatic carbocycles. The summed E-state index contributed by atoms with van der Waals surface area (Å²) in [5.41, 5.74) is 4.53. The third-order valence-corrected chi connectivity index (χ3v) is 5.07. The van der Waals surface area contributed by atoms with Gasteiger partial charge in [-0.2, -0.15) is 0 Å². The molecule has 0 spiro atoms. The number of carbonyl (C=O) groups excluding carboxylic acids is 2. The van der Waals surface area contributed by atoms with Crippen molar-refractivity contribution in [3.05, 3.63) is 83.6 Å². The van der Waals surface area contributed by atoms with Crippen LogP contribution in [0.1, 0.15) is 27.5 Å². The van der Waals surface area contributed by atoms with Gasteiger partial charge in [0.05, 0.1) is 23.8 Å². The summed E-state index contributed by atoms with van der Waals surface area (Å²) >= 11 is 0. The molecule has 2 aromatic heterocycles. The zero-order chi connectivity index (χ0) is 21.1. The number of aromatic nitrogens is 2. The van der Waals surface area contributed by atoms with Crippen molar-refractivity contribution < 1.29 is 14.0 Å². The van der Waals surface area contributed by atoms with E-state index < -0.39 is 0 Å². The Balaban J connectivity index is 1.56. The first kappa shape index (κ1) is 19.4. The van der Waals surface area contributed by atoms with Crippen LogP contribution >= 0.6 is 0 Å². The number of aryl methyl sites for hydroxylation is 1. The SMILES string of the molecule is Cc1cccc(NC(=O)Cn2c(CNC(=O)c3ccco3)nc3ccccc32)c1C. The van der Waals surface area contributed by atoms with Crippen LogP contribution in [0.2, 0.25) is 0 Å². The minimum atomic E-state index is -0.335. The summed E-state index contributed by atoms with van der Waals surface area (Å²) in [5, 5.41) is 5.77. The first-order valence-corrected chi connectivity index (χ1v) is 9.65. The fourth-order valence-corrected chi connectivity index (χ4v) is 3.31. The monoisotopic (exact) mass is 402 g/mol. The molecule has 0 aliphatic heterocycles. The van der Waals surface area contributed by atoms with Gasteiger partial charge in [-0.1, -0.05) is 24.3 Å². The number of rotatable bonds is 6. The first-order valence-electron chi connectivity index (χ1n) is 9.65. The number of hydrogen-bond donors (Lipinski definition) is 2. The van der Waals surface area contributed by atoms with Gasteiger partial charge in [-0.3, -0.25) is 9.59 Å². The van der Waals surface area contributed by atoms with Gasteiger partial charge in [0.2, 0.25) is 5.91 Å². The number of nitrogens with one attached hydrogen (secondary N) is 2. The number of anilines is 1. The summed E-state index contributed by atoms with van der Waals surface area (Å²) in [6.07, 6.45) is 1.45. The third kappa shape index (κ3) is 3.96. The molecule has 0 saturated heterocycles. The van der Waals surface area contributed by atoms with Crippen molar-refractivity contribution in [2.75, 3.05) is 5.32 Å². The van der Waals surface area contributed by atoms with Gasteiger partial charge < -0.3 is 19.6 Å². The van der Waals surface area contributed by atoms with E-state index >= 15 is 0 Å². The van der Waals surface area contributed by atoms with Crippen molar-refractivity contribution in [1.29, 1.82) is 0 Å². The second kappa shape index (κ2) is 8.24.